The summed E-state index contributed by atoms with van der Waals surface area (Å²) in [7, 11) is 0. The van der Waals surface area contributed by atoms with Crippen molar-refractivity contribution in [1.29, 1.82) is 0 Å². The normalized spacial score (nSPS) is 10.9. The van der Waals surface area contributed by atoms with Gasteiger partial charge in [0.05, 0.1) is 16.6 Å². The van der Waals surface area contributed by atoms with E-state index < -0.39 is 0 Å². The molecule has 0 saturated heterocycles. The van der Waals surface area contributed by atoms with Crippen LogP contribution in [0.2, 0.25) is 0 Å². The summed E-state index contributed by atoms with van der Waals surface area (Å²) in [4.78, 5) is 25.0. The lowest BCUT2D eigenvalue weighted by atomic mass is 10.1. The third-order valence-corrected chi connectivity index (χ3v) is 3.67. The van der Waals surface area contributed by atoms with Crippen LogP contribution in [0, 0.1) is 27.7 Å². The van der Waals surface area contributed by atoms with Crippen molar-refractivity contribution in [2.75, 3.05) is 5.32 Å². The number of nitrogens with one attached hydrogen (secondary N) is 1. The van der Waals surface area contributed by atoms with Gasteiger partial charge in [0, 0.05) is 11.3 Å². The van der Waals surface area contributed by atoms with Crippen molar-refractivity contribution >= 4 is 22.8 Å². The molecule has 3 heterocycles. The Morgan fingerprint density at radius 1 is 1.14 bits per heavy atom. The Morgan fingerprint density at radius 3 is 2.64 bits per heavy atom. The lowest BCUT2D eigenvalue weighted by Crippen LogP contribution is -2.15. The Balaban J connectivity index is 2.01. The van der Waals surface area contributed by atoms with Gasteiger partial charge in [0.1, 0.15) is 17.9 Å². The molecule has 0 aromatic carbocycles. The molecule has 0 unspecified atom stereocenters. The van der Waals surface area contributed by atoms with E-state index in [2.05, 4.69) is 20.3 Å². The average molecular weight is 296 g/mol. The average Bonchev–Trinajstić information content (AvgIpc) is 2.75. The molecule has 3 rings (SSSR count). The second-order valence-corrected chi connectivity index (χ2v) is 5.23. The van der Waals surface area contributed by atoms with Crippen LogP contribution in [0.25, 0.3) is 11.1 Å². The minimum absolute atomic E-state index is 0.247. The van der Waals surface area contributed by atoms with E-state index in [1.807, 2.05) is 33.8 Å². The largest absolute Gasteiger partial charge is 0.443 e. The first kappa shape index (κ1) is 14.2. The topological polar surface area (TPSA) is 80.9 Å². The molecule has 6 heteroatoms. The fraction of sp³-hybridized carbons (Fsp3) is 0.250. The van der Waals surface area contributed by atoms with Crippen LogP contribution < -0.4 is 5.32 Å². The number of furan rings is 1. The predicted octanol–water partition coefficient (Wildman–Crippen LogP) is 3.10. The number of hydrogen-bond acceptors (Lipinski definition) is 5. The molecule has 112 valence electrons. The number of fused-ring (bicyclic) bond motifs is 1. The summed E-state index contributed by atoms with van der Waals surface area (Å²) in [6.45, 7) is 7.47. The zero-order valence-electron chi connectivity index (χ0n) is 12.9. The third-order valence-electron chi connectivity index (χ3n) is 3.67. The van der Waals surface area contributed by atoms with Crippen molar-refractivity contribution in [3.63, 3.8) is 0 Å². The lowest BCUT2D eigenvalue weighted by Gasteiger charge is -2.08. The smallest absolute Gasteiger partial charge is 0.258 e. The van der Waals surface area contributed by atoms with E-state index in [9.17, 15) is 4.79 Å². The molecule has 22 heavy (non-hydrogen) atoms. The van der Waals surface area contributed by atoms with Crippen LogP contribution in [0.15, 0.2) is 22.9 Å². The van der Waals surface area contributed by atoms with Crippen LogP contribution >= 0.6 is 0 Å². The highest BCUT2D eigenvalue weighted by Gasteiger charge is 2.17. The van der Waals surface area contributed by atoms with Crippen LogP contribution in [0.1, 0.15) is 33.1 Å². The zero-order chi connectivity index (χ0) is 15.9. The molecule has 0 saturated carbocycles. The van der Waals surface area contributed by atoms with E-state index in [0.29, 0.717) is 22.8 Å². The maximum atomic E-state index is 12.5. The van der Waals surface area contributed by atoms with Crippen molar-refractivity contribution in [3.8, 4) is 0 Å². The van der Waals surface area contributed by atoms with Gasteiger partial charge in [-0.25, -0.2) is 9.97 Å². The molecule has 0 atom stereocenters. The second kappa shape index (κ2) is 5.22. The van der Waals surface area contributed by atoms with Gasteiger partial charge in [-0.05, 0) is 39.8 Å². The molecule has 3 aromatic heterocycles. The highest BCUT2D eigenvalue weighted by atomic mass is 16.3. The van der Waals surface area contributed by atoms with E-state index >= 15 is 0 Å². The van der Waals surface area contributed by atoms with Crippen molar-refractivity contribution < 1.29 is 9.21 Å². The number of rotatable bonds is 2. The summed E-state index contributed by atoms with van der Waals surface area (Å²) in [6, 6.07) is 3.57. The van der Waals surface area contributed by atoms with Gasteiger partial charge in [-0.3, -0.25) is 9.78 Å². The molecular formula is C16H16N4O2. The molecular weight excluding hydrogens is 280 g/mol. The van der Waals surface area contributed by atoms with Crippen molar-refractivity contribution in [2.45, 2.75) is 27.7 Å². The first-order valence-corrected chi connectivity index (χ1v) is 6.93. The summed E-state index contributed by atoms with van der Waals surface area (Å²) in [5.74, 6) is 0.965. The van der Waals surface area contributed by atoms with Crippen LogP contribution in [0.5, 0.6) is 0 Å². The molecule has 0 aliphatic carbocycles. The zero-order valence-corrected chi connectivity index (χ0v) is 12.9. The standard InChI is InChI=1S/C16H16N4O2/c1-8-5-6-12(10(3)19-8)15(21)20-14-13-9(2)11(4)22-16(13)18-7-17-14/h5-7H,1-4H3,(H,17,18,20,21). The Hall–Kier alpha value is -2.76. The van der Waals surface area contributed by atoms with E-state index in [1.54, 1.807) is 6.07 Å². The van der Waals surface area contributed by atoms with Gasteiger partial charge in [0.15, 0.2) is 0 Å². The highest BCUT2D eigenvalue weighted by molar-refractivity contribution is 6.08. The Morgan fingerprint density at radius 2 is 1.91 bits per heavy atom. The summed E-state index contributed by atoms with van der Waals surface area (Å²) in [5, 5.41) is 3.55. The van der Waals surface area contributed by atoms with E-state index in [1.165, 1.54) is 6.33 Å². The number of pyridine rings is 1. The number of carbonyl (C=O) groups excluding carboxylic acids is 1. The number of hydrogen-bond donors (Lipinski definition) is 1. The van der Waals surface area contributed by atoms with Gasteiger partial charge < -0.3 is 9.73 Å². The molecule has 6 nitrogen and oxygen atoms in total. The number of aromatic nitrogens is 3. The summed E-state index contributed by atoms with van der Waals surface area (Å²) < 4.78 is 5.55. The quantitative estimate of drug-likeness (QED) is 0.786. The molecule has 0 radical (unpaired) electrons. The lowest BCUT2D eigenvalue weighted by molar-refractivity contribution is 0.102. The Bertz CT molecular complexity index is 883. The molecule has 0 spiro atoms. The van der Waals surface area contributed by atoms with Crippen LogP contribution in [-0.2, 0) is 0 Å². The van der Waals surface area contributed by atoms with Gasteiger partial charge in [0.2, 0.25) is 5.71 Å². The molecule has 1 N–H and O–H groups in total. The Labute approximate surface area is 127 Å². The molecule has 3 aromatic rings. The van der Waals surface area contributed by atoms with Gasteiger partial charge in [-0.1, -0.05) is 0 Å². The summed E-state index contributed by atoms with van der Waals surface area (Å²) >= 11 is 0. The number of aryl methyl sites for hydroxylation is 4. The molecule has 1 amide bonds. The highest BCUT2D eigenvalue weighted by Crippen LogP contribution is 2.28. The fourth-order valence-corrected chi connectivity index (χ4v) is 2.38. The minimum atomic E-state index is -0.247. The monoisotopic (exact) mass is 296 g/mol. The number of anilines is 1. The first-order valence-electron chi connectivity index (χ1n) is 6.93. The maximum absolute atomic E-state index is 12.5. The fourth-order valence-electron chi connectivity index (χ4n) is 2.38. The summed E-state index contributed by atoms with van der Waals surface area (Å²) in [5.41, 5.74) is 3.47. The van der Waals surface area contributed by atoms with Gasteiger partial charge in [0.25, 0.3) is 5.91 Å². The second-order valence-electron chi connectivity index (χ2n) is 5.23. The number of carbonyl (C=O) groups is 1. The molecule has 0 fully saturated rings. The van der Waals surface area contributed by atoms with Crippen LogP contribution in [-0.4, -0.2) is 20.9 Å². The molecule has 0 bridgehead atoms. The third kappa shape index (κ3) is 2.32. The van der Waals surface area contributed by atoms with Gasteiger partial charge in [-0.2, -0.15) is 0 Å². The Kier molecular flexibility index (Phi) is 3.36. The summed E-state index contributed by atoms with van der Waals surface area (Å²) in [6.07, 6.45) is 1.38. The number of amides is 1. The molecule has 0 aliphatic rings. The van der Waals surface area contributed by atoms with Gasteiger partial charge >= 0.3 is 0 Å². The molecule has 0 aliphatic heterocycles. The van der Waals surface area contributed by atoms with E-state index in [-0.39, 0.29) is 5.91 Å². The van der Waals surface area contributed by atoms with E-state index in [0.717, 1.165) is 22.4 Å². The van der Waals surface area contributed by atoms with Crippen LogP contribution in [0.3, 0.4) is 0 Å². The minimum Gasteiger partial charge on any atom is -0.443 e. The van der Waals surface area contributed by atoms with Crippen molar-refractivity contribution in [2.24, 2.45) is 0 Å². The maximum Gasteiger partial charge on any atom is 0.258 e. The number of nitrogens with zero attached hydrogens (tertiary/aromatic N) is 3. The van der Waals surface area contributed by atoms with Crippen LogP contribution in [0.4, 0.5) is 5.82 Å². The van der Waals surface area contributed by atoms with Gasteiger partial charge in [-0.15, -0.1) is 0 Å². The van der Waals surface area contributed by atoms with E-state index in [4.69, 9.17) is 4.42 Å². The predicted molar refractivity (Wildman–Crippen MR) is 82.9 cm³/mol. The van der Waals surface area contributed by atoms with Crippen molar-refractivity contribution in [1.82, 2.24) is 15.0 Å². The SMILES string of the molecule is Cc1ccc(C(=O)Nc2ncnc3oc(C)c(C)c23)c(C)n1. The van der Waals surface area contributed by atoms with Crippen molar-refractivity contribution in [3.05, 3.63) is 46.7 Å². The first-order chi connectivity index (χ1) is 10.5.